The first kappa shape index (κ1) is 26.3. The molecule has 0 N–H and O–H groups in total. The second-order valence-corrected chi connectivity index (χ2v) is 13.3. The highest BCUT2D eigenvalue weighted by Gasteiger charge is 2.70. The molecule has 8 rings (SSSR count). The average Bonchev–Trinajstić information content (AvgIpc) is 3.84. The third-order valence-corrected chi connectivity index (χ3v) is 11.5. The second-order valence-electron chi connectivity index (χ2n) is 13.3. The van der Waals surface area contributed by atoms with Crippen LogP contribution in [0.4, 0.5) is 11.4 Å². The standard InChI is InChI=1S/C37H34N2O4/c1-3-17-36-26-11-9-24(20-26)30(36)32(40)38(34(36)42)28-13-5-22(6-14-28)19-23-7-15-29(16-8-23)39-33(41)31-25-10-12-27(21-25)37(31,18-4-2)35(39)43/h3-16,24-27,30-31H,1-2,17-21H2/t24-,25-,26+,27+,30+,31+,36+,37+/m0/s1. The van der Waals surface area contributed by atoms with Gasteiger partial charge in [0.2, 0.25) is 23.6 Å². The lowest BCUT2D eigenvalue weighted by Gasteiger charge is -2.31. The van der Waals surface area contributed by atoms with Crippen LogP contribution in [-0.4, -0.2) is 23.6 Å². The van der Waals surface area contributed by atoms with E-state index in [1.54, 1.807) is 12.2 Å². The summed E-state index contributed by atoms with van der Waals surface area (Å²) in [6.07, 6.45) is 15.4. The molecule has 0 aromatic heterocycles. The van der Waals surface area contributed by atoms with Crippen LogP contribution in [0, 0.1) is 46.3 Å². The molecular formula is C37H34N2O4. The number of carbonyl (C=O) groups is 4. The number of hydrogen-bond acceptors (Lipinski definition) is 4. The lowest BCUT2D eigenvalue weighted by molar-refractivity contribution is -0.128. The van der Waals surface area contributed by atoms with E-state index in [1.165, 1.54) is 9.80 Å². The summed E-state index contributed by atoms with van der Waals surface area (Å²) < 4.78 is 0. The Labute approximate surface area is 251 Å². The van der Waals surface area contributed by atoms with Gasteiger partial charge in [-0.2, -0.15) is 0 Å². The van der Waals surface area contributed by atoms with Gasteiger partial charge in [-0.05, 0) is 91.2 Å². The normalized spacial score (nSPS) is 36.3. The van der Waals surface area contributed by atoms with Gasteiger partial charge in [0, 0.05) is 0 Å². The molecule has 4 bridgehead atoms. The van der Waals surface area contributed by atoms with Crippen molar-refractivity contribution in [3.8, 4) is 0 Å². The Balaban J connectivity index is 0.997. The second kappa shape index (κ2) is 9.09. The van der Waals surface area contributed by atoms with Gasteiger partial charge in [-0.1, -0.05) is 60.7 Å². The molecule has 0 spiro atoms. The smallest absolute Gasteiger partial charge is 0.241 e. The monoisotopic (exact) mass is 570 g/mol. The molecule has 2 aromatic rings. The van der Waals surface area contributed by atoms with Crippen LogP contribution in [-0.2, 0) is 25.6 Å². The Hall–Kier alpha value is -4.32. The molecule has 216 valence electrons. The zero-order chi connectivity index (χ0) is 29.7. The molecule has 0 unspecified atom stereocenters. The van der Waals surface area contributed by atoms with Gasteiger partial charge in [0.1, 0.15) is 0 Å². The molecule has 43 heavy (non-hydrogen) atoms. The van der Waals surface area contributed by atoms with Crippen LogP contribution in [0.25, 0.3) is 0 Å². The minimum Gasteiger partial charge on any atom is -0.274 e. The van der Waals surface area contributed by atoms with Crippen LogP contribution in [0.15, 0.2) is 98.1 Å². The fourth-order valence-electron chi connectivity index (χ4n) is 9.68. The number of rotatable bonds is 8. The number of imide groups is 2. The fraction of sp³-hybridized carbons (Fsp3) is 0.351. The third-order valence-electron chi connectivity index (χ3n) is 11.5. The average molecular weight is 571 g/mol. The predicted octanol–water partition coefficient (Wildman–Crippen LogP) is 5.79. The Morgan fingerprint density at radius 3 is 1.40 bits per heavy atom. The lowest BCUT2D eigenvalue weighted by Crippen LogP contribution is -2.39. The van der Waals surface area contributed by atoms with Gasteiger partial charge >= 0.3 is 0 Å². The van der Waals surface area contributed by atoms with E-state index in [-0.39, 0.29) is 59.1 Å². The van der Waals surface area contributed by atoms with E-state index in [4.69, 9.17) is 0 Å². The lowest BCUT2D eigenvalue weighted by atomic mass is 9.68. The quantitative estimate of drug-likeness (QED) is 0.297. The van der Waals surface area contributed by atoms with Gasteiger partial charge < -0.3 is 0 Å². The minimum absolute atomic E-state index is 0.0919. The van der Waals surface area contributed by atoms with Crippen molar-refractivity contribution in [3.63, 3.8) is 0 Å². The molecule has 2 aromatic carbocycles. The number of benzene rings is 2. The fourth-order valence-corrected chi connectivity index (χ4v) is 9.68. The number of amides is 4. The summed E-state index contributed by atoms with van der Waals surface area (Å²) in [7, 11) is 0. The zero-order valence-corrected chi connectivity index (χ0v) is 24.0. The van der Waals surface area contributed by atoms with Gasteiger partial charge in [-0.25, -0.2) is 9.80 Å². The van der Waals surface area contributed by atoms with Gasteiger partial charge in [0.05, 0.1) is 34.0 Å². The molecule has 4 fully saturated rings. The SMILES string of the molecule is C=CC[C@]12C(=O)N(c3ccc(Cc4ccc(N5C(=O)[C@H]6[C@H]7C=C[C@H](C7)[C@@]6(CC=C)C5=O)cc4)cc3)C(=O)[C@H]1[C@H]1C=C[C@@H]2C1. The van der Waals surface area contributed by atoms with Gasteiger partial charge in [-0.15, -0.1) is 13.2 Å². The summed E-state index contributed by atoms with van der Waals surface area (Å²) in [6, 6.07) is 15.3. The summed E-state index contributed by atoms with van der Waals surface area (Å²) >= 11 is 0. The van der Waals surface area contributed by atoms with Crippen molar-refractivity contribution in [2.45, 2.75) is 32.1 Å². The Kier molecular flexibility index (Phi) is 5.56. The molecule has 6 heteroatoms. The number of anilines is 2. The molecule has 4 aliphatic carbocycles. The van der Waals surface area contributed by atoms with Crippen molar-refractivity contribution < 1.29 is 19.2 Å². The Morgan fingerprint density at radius 1 is 0.628 bits per heavy atom. The van der Waals surface area contributed by atoms with Crippen LogP contribution in [0.2, 0.25) is 0 Å². The Morgan fingerprint density at radius 2 is 1.02 bits per heavy atom. The summed E-state index contributed by atoms with van der Waals surface area (Å²) in [6.45, 7) is 7.78. The van der Waals surface area contributed by atoms with Crippen LogP contribution in [0.3, 0.4) is 0 Å². The van der Waals surface area contributed by atoms with Gasteiger partial charge in [-0.3, -0.25) is 19.2 Å². The first-order valence-electron chi connectivity index (χ1n) is 15.4. The number of allylic oxidation sites excluding steroid dienone is 6. The zero-order valence-electron chi connectivity index (χ0n) is 24.0. The summed E-state index contributed by atoms with van der Waals surface area (Å²) in [5.41, 5.74) is 1.90. The van der Waals surface area contributed by atoms with E-state index in [9.17, 15) is 19.2 Å². The van der Waals surface area contributed by atoms with E-state index in [1.807, 2.05) is 48.5 Å². The number of fused-ring (bicyclic) bond motifs is 10. The van der Waals surface area contributed by atoms with Crippen molar-refractivity contribution in [2.24, 2.45) is 46.3 Å². The molecule has 2 heterocycles. The molecule has 6 nitrogen and oxygen atoms in total. The van der Waals surface area contributed by atoms with Crippen molar-refractivity contribution >= 4 is 35.0 Å². The van der Waals surface area contributed by atoms with Crippen LogP contribution >= 0.6 is 0 Å². The first-order chi connectivity index (χ1) is 20.8. The minimum atomic E-state index is -0.698. The predicted molar refractivity (Wildman–Crippen MR) is 164 cm³/mol. The molecule has 2 saturated heterocycles. The molecule has 0 radical (unpaired) electrons. The van der Waals surface area contributed by atoms with Crippen molar-refractivity contribution in [1.82, 2.24) is 0 Å². The maximum atomic E-state index is 13.8. The summed E-state index contributed by atoms with van der Waals surface area (Å²) in [5.74, 6) is -0.577. The molecule has 8 atom stereocenters. The largest absolute Gasteiger partial charge is 0.274 e. The van der Waals surface area contributed by atoms with Gasteiger partial charge in [0.15, 0.2) is 0 Å². The molecule has 2 aliphatic heterocycles. The maximum absolute atomic E-state index is 13.8. The van der Waals surface area contributed by atoms with Crippen molar-refractivity contribution in [3.05, 3.63) is 109 Å². The highest BCUT2D eigenvalue weighted by atomic mass is 16.2. The number of carbonyl (C=O) groups excluding carboxylic acids is 4. The van der Waals surface area contributed by atoms with Crippen LogP contribution < -0.4 is 9.80 Å². The van der Waals surface area contributed by atoms with E-state index < -0.39 is 10.8 Å². The van der Waals surface area contributed by atoms with Crippen LogP contribution in [0.1, 0.15) is 36.8 Å². The highest BCUT2D eigenvalue weighted by molar-refractivity contribution is 6.25. The van der Waals surface area contributed by atoms with Crippen molar-refractivity contribution in [2.75, 3.05) is 9.80 Å². The molecule has 2 saturated carbocycles. The molecule has 6 aliphatic rings. The summed E-state index contributed by atoms with van der Waals surface area (Å²) in [5, 5.41) is 0. The van der Waals surface area contributed by atoms with E-state index in [0.29, 0.717) is 30.6 Å². The first-order valence-corrected chi connectivity index (χ1v) is 15.4. The van der Waals surface area contributed by atoms with Gasteiger partial charge in [0.25, 0.3) is 0 Å². The number of hydrogen-bond donors (Lipinski definition) is 0. The van der Waals surface area contributed by atoms with E-state index >= 15 is 0 Å². The van der Waals surface area contributed by atoms with E-state index in [0.717, 1.165) is 24.0 Å². The summed E-state index contributed by atoms with van der Waals surface area (Å²) in [4.78, 5) is 57.5. The maximum Gasteiger partial charge on any atom is 0.241 e. The molecular weight excluding hydrogens is 536 g/mol. The van der Waals surface area contributed by atoms with E-state index in [2.05, 4.69) is 37.5 Å². The highest BCUT2D eigenvalue weighted by Crippen LogP contribution is 2.64. The topological polar surface area (TPSA) is 74.8 Å². The third kappa shape index (κ3) is 3.24. The van der Waals surface area contributed by atoms with Crippen molar-refractivity contribution in [1.29, 1.82) is 0 Å². The molecule has 4 amide bonds. The Bertz CT molecular complexity index is 1550. The van der Waals surface area contributed by atoms with Crippen LogP contribution in [0.5, 0.6) is 0 Å². The number of nitrogens with zero attached hydrogens (tertiary/aromatic N) is 2.